The Bertz CT molecular complexity index is 478. The Kier molecular flexibility index (Phi) is 5.26. The summed E-state index contributed by atoms with van der Waals surface area (Å²) < 4.78 is 15.5. The van der Waals surface area contributed by atoms with Crippen LogP contribution in [0.4, 0.5) is 0 Å². The first-order valence-corrected chi connectivity index (χ1v) is 5.79. The van der Waals surface area contributed by atoms with Crippen molar-refractivity contribution in [2.45, 2.75) is 12.5 Å². The summed E-state index contributed by atoms with van der Waals surface area (Å²) in [6.45, 7) is 0. The number of hydrogen-bond acceptors (Lipinski definition) is 5. The molecule has 3 N–H and O–H groups in total. The average molecular weight is 290 g/mol. The van der Waals surface area contributed by atoms with E-state index in [4.69, 9.17) is 36.7 Å². The third-order valence-electron chi connectivity index (χ3n) is 2.60. The molecule has 0 aromatic heterocycles. The van der Waals surface area contributed by atoms with Crippen LogP contribution in [0.5, 0.6) is 17.2 Å². The van der Waals surface area contributed by atoms with Crippen LogP contribution in [0.2, 0.25) is 5.02 Å². The van der Waals surface area contributed by atoms with Gasteiger partial charge in [-0.15, -0.1) is 0 Å². The molecule has 0 saturated carbocycles. The molecule has 6 nitrogen and oxygen atoms in total. The van der Waals surface area contributed by atoms with Gasteiger partial charge in [0.05, 0.1) is 21.3 Å². The van der Waals surface area contributed by atoms with E-state index in [0.29, 0.717) is 22.8 Å². The van der Waals surface area contributed by atoms with Gasteiger partial charge in [0.25, 0.3) is 0 Å². The van der Waals surface area contributed by atoms with Crippen LogP contribution in [0, 0.1) is 0 Å². The third kappa shape index (κ3) is 3.21. The van der Waals surface area contributed by atoms with Crippen molar-refractivity contribution in [1.82, 2.24) is 0 Å². The Labute approximate surface area is 116 Å². The first-order chi connectivity index (χ1) is 8.96. The van der Waals surface area contributed by atoms with E-state index < -0.39 is 12.0 Å². The predicted octanol–water partition coefficient (Wildman–Crippen LogP) is 1.32. The zero-order chi connectivity index (χ0) is 14.6. The fourth-order valence-electron chi connectivity index (χ4n) is 1.68. The average Bonchev–Trinajstić information content (AvgIpc) is 2.38. The van der Waals surface area contributed by atoms with Crippen molar-refractivity contribution in [3.63, 3.8) is 0 Å². The quantitative estimate of drug-likeness (QED) is 0.821. The van der Waals surface area contributed by atoms with Crippen molar-refractivity contribution in [3.8, 4) is 17.2 Å². The summed E-state index contributed by atoms with van der Waals surface area (Å²) in [5, 5.41) is 9.07. The topological polar surface area (TPSA) is 91.0 Å². The summed E-state index contributed by atoms with van der Waals surface area (Å²) in [7, 11) is 4.34. The van der Waals surface area contributed by atoms with Gasteiger partial charge in [-0.25, -0.2) is 0 Å². The van der Waals surface area contributed by atoms with E-state index in [2.05, 4.69) is 0 Å². The van der Waals surface area contributed by atoms with Crippen LogP contribution in [-0.2, 0) is 11.2 Å². The third-order valence-corrected chi connectivity index (χ3v) is 2.95. The van der Waals surface area contributed by atoms with Crippen molar-refractivity contribution in [2.24, 2.45) is 5.73 Å². The normalized spacial score (nSPS) is 11.8. The molecule has 19 heavy (non-hydrogen) atoms. The summed E-state index contributed by atoms with van der Waals surface area (Å²) in [5.41, 5.74) is 6.06. The molecule has 0 saturated heterocycles. The first kappa shape index (κ1) is 15.4. The lowest BCUT2D eigenvalue weighted by Gasteiger charge is -2.17. The fourth-order valence-corrected chi connectivity index (χ4v) is 2.05. The summed E-state index contributed by atoms with van der Waals surface area (Å²) in [4.78, 5) is 10.8. The van der Waals surface area contributed by atoms with Gasteiger partial charge in [-0.3, -0.25) is 4.79 Å². The molecule has 0 aliphatic carbocycles. The standard InChI is InChI=1S/C12H16ClNO5/c1-17-8-5-6(4-7(14)12(15)16)10(18-2)9(13)11(8)19-3/h5,7H,4,14H2,1-3H3,(H,15,16). The Morgan fingerprint density at radius 2 is 1.89 bits per heavy atom. The molecule has 106 valence electrons. The number of benzene rings is 1. The van der Waals surface area contributed by atoms with Gasteiger partial charge < -0.3 is 25.1 Å². The Hall–Kier alpha value is -1.66. The molecule has 0 radical (unpaired) electrons. The molecular formula is C12H16ClNO5. The highest BCUT2D eigenvalue weighted by Crippen LogP contribution is 2.44. The molecule has 0 heterocycles. The SMILES string of the molecule is COc1cc(CC(N)C(=O)O)c(OC)c(Cl)c1OC. The van der Waals surface area contributed by atoms with Crippen LogP contribution in [0.3, 0.4) is 0 Å². The van der Waals surface area contributed by atoms with Crippen molar-refractivity contribution in [1.29, 1.82) is 0 Å². The molecule has 0 aliphatic heterocycles. The highest BCUT2D eigenvalue weighted by atomic mass is 35.5. The number of carboxylic acid groups (broad SMARTS) is 1. The number of nitrogens with two attached hydrogens (primary N) is 1. The molecule has 1 aromatic rings. The molecule has 0 amide bonds. The smallest absolute Gasteiger partial charge is 0.320 e. The summed E-state index contributed by atoms with van der Waals surface area (Å²) in [6.07, 6.45) is 0.0680. The van der Waals surface area contributed by atoms with Gasteiger partial charge >= 0.3 is 5.97 Å². The van der Waals surface area contributed by atoms with Crippen molar-refractivity contribution in [2.75, 3.05) is 21.3 Å². The second-order valence-electron chi connectivity index (χ2n) is 3.77. The van der Waals surface area contributed by atoms with Gasteiger partial charge in [0.2, 0.25) is 0 Å². The Morgan fingerprint density at radius 1 is 1.32 bits per heavy atom. The molecule has 0 fully saturated rings. The molecule has 1 rings (SSSR count). The number of carboxylic acids is 1. The van der Waals surface area contributed by atoms with Crippen LogP contribution in [0.15, 0.2) is 6.07 Å². The number of aliphatic carboxylic acids is 1. The Morgan fingerprint density at radius 3 is 2.32 bits per heavy atom. The lowest BCUT2D eigenvalue weighted by Crippen LogP contribution is -2.32. The molecular weight excluding hydrogens is 274 g/mol. The monoisotopic (exact) mass is 289 g/mol. The molecule has 1 unspecified atom stereocenters. The largest absolute Gasteiger partial charge is 0.495 e. The Balaban J connectivity index is 3.30. The highest BCUT2D eigenvalue weighted by Gasteiger charge is 2.22. The fraction of sp³-hybridized carbons (Fsp3) is 0.417. The van der Waals surface area contributed by atoms with Crippen LogP contribution >= 0.6 is 11.6 Å². The van der Waals surface area contributed by atoms with Gasteiger partial charge in [0, 0.05) is 12.0 Å². The van der Waals surface area contributed by atoms with Crippen molar-refractivity contribution in [3.05, 3.63) is 16.7 Å². The van der Waals surface area contributed by atoms with Crippen molar-refractivity contribution >= 4 is 17.6 Å². The predicted molar refractivity (Wildman–Crippen MR) is 70.4 cm³/mol. The summed E-state index contributed by atoms with van der Waals surface area (Å²) >= 11 is 6.14. The van der Waals surface area contributed by atoms with Gasteiger partial charge in [-0.1, -0.05) is 11.6 Å². The molecule has 0 spiro atoms. The summed E-state index contributed by atoms with van der Waals surface area (Å²) in [5.74, 6) is -0.0569. The maximum Gasteiger partial charge on any atom is 0.320 e. The lowest BCUT2D eigenvalue weighted by atomic mass is 10.0. The number of hydrogen-bond donors (Lipinski definition) is 2. The van der Waals surface area contributed by atoms with E-state index in [-0.39, 0.29) is 11.4 Å². The summed E-state index contributed by atoms with van der Waals surface area (Å²) in [6, 6.07) is 0.551. The molecule has 7 heteroatoms. The second kappa shape index (κ2) is 6.49. The van der Waals surface area contributed by atoms with E-state index in [1.54, 1.807) is 6.07 Å². The van der Waals surface area contributed by atoms with Crippen LogP contribution in [-0.4, -0.2) is 38.4 Å². The van der Waals surface area contributed by atoms with Gasteiger partial charge in [-0.2, -0.15) is 0 Å². The maximum atomic E-state index is 10.8. The van der Waals surface area contributed by atoms with E-state index in [1.807, 2.05) is 0 Å². The molecule has 1 aromatic carbocycles. The van der Waals surface area contributed by atoms with Crippen LogP contribution < -0.4 is 19.9 Å². The number of halogens is 1. The van der Waals surface area contributed by atoms with Gasteiger partial charge in [0.1, 0.15) is 16.8 Å². The first-order valence-electron chi connectivity index (χ1n) is 5.41. The van der Waals surface area contributed by atoms with Gasteiger partial charge in [0.15, 0.2) is 11.5 Å². The van der Waals surface area contributed by atoms with Gasteiger partial charge in [-0.05, 0) is 6.07 Å². The van der Waals surface area contributed by atoms with Crippen LogP contribution in [0.25, 0.3) is 0 Å². The minimum absolute atomic E-state index is 0.0680. The lowest BCUT2D eigenvalue weighted by molar-refractivity contribution is -0.138. The number of ether oxygens (including phenoxy) is 3. The highest BCUT2D eigenvalue weighted by molar-refractivity contribution is 6.34. The number of methoxy groups -OCH3 is 3. The zero-order valence-electron chi connectivity index (χ0n) is 10.9. The van der Waals surface area contributed by atoms with E-state index in [1.165, 1.54) is 21.3 Å². The zero-order valence-corrected chi connectivity index (χ0v) is 11.7. The van der Waals surface area contributed by atoms with E-state index >= 15 is 0 Å². The van der Waals surface area contributed by atoms with Crippen molar-refractivity contribution < 1.29 is 24.1 Å². The molecule has 0 bridgehead atoms. The second-order valence-corrected chi connectivity index (χ2v) is 4.15. The number of rotatable bonds is 6. The number of carbonyl (C=O) groups is 1. The molecule has 1 atom stereocenters. The van der Waals surface area contributed by atoms with E-state index in [0.717, 1.165) is 0 Å². The molecule has 0 aliphatic rings. The van der Waals surface area contributed by atoms with Crippen LogP contribution in [0.1, 0.15) is 5.56 Å². The minimum atomic E-state index is -1.10. The maximum absolute atomic E-state index is 10.8. The van der Waals surface area contributed by atoms with E-state index in [9.17, 15) is 4.79 Å². The minimum Gasteiger partial charge on any atom is -0.495 e.